The molecule has 9 nitrogen and oxygen atoms in total. The Morgan fingerprint density at radius 3 is 2.00 bits per heavy atom. The molecular weight excluding hydrogens is 583 g/mol. The molecule has 0 aliphatic carbocycles. The lowest BCUT2D eigenvalue weighted by Gasteiger charge is -2.47. The van der Waals surface area contributed by atoms with Crippen LogP contribution in [0.3, 0.4) is 0 Å². The van der Waals surface area contributed by atoms with Crippen LogP contribution in [0.5, 0.6) is 0 Å². The summed E-state index contributed by atoms with van der Waals surface area (Å²) in [6, 6.07) is 12.3. The van der Waals surface area contributed by atoms with Gasteiger partial charge in [0.15, 0.2) is 0 Å². The lowest BCUT2D eigenvalue weighted by Crippen LogP contribution is -2.58. The Balaban J connectivity index is 0.000000367. The number of pyridine rings is 1. The molecule has 2 aromatic rings. The molecule has 0 atom stereocenters. The molecule has 3 heterocycles. The SMILES string of the molecule is O=C(Cc1cccc(F)c1)N1CCOC2(CCN(Cc3ccccn3)CC2)C1.O=C(O)C(F)(F)F.O=C(O)C(F)(F)F. The quantitative estimate of drug-likeness (QED) is 0.500. The number of morpholine rings is 1. The minimum absolute atomic E-state index is 0.0455. The van der Waals surface area contributed by atoms with Gasteiger partial charge in [-0.3, -0.25) is 14.7 Å². The van der Waals surface area contributed by atoms with Crippen LogP contribution in [0, 0.1) is 5.82 Å². The number of ether oxygens (including phenoxy) is 1. The van der Waals surface area contributed by atoms with Crippen LogP contribution in [0.1, 0.15) is 24.1 Å². The number of hydrogen-bond acceptors (Lipinski definition) is 6. The van der Waals surface area contributed by atoms with Crippen molar-refractivity contribution in [1.82, 2.24) is 14.8 Å². The van der Waals surface area contributed by atoms with Crippen LogP contribution in [-0.2, 0) is 32.1 Å². The van der Waals surface area contributed by atoms with Crippen LogP contribution < -0.4 is 0 Å². The average Bonchev–Trinajstić information content (AvgIpc) is 2.90. The Labute approximate surface area is 235 Å². The minimum atomic E-state index is -5.08. The summed E-state index contributed by atoms with van der Waals surface area (Å²) in [4.78, 5) is 39.2. The maximum Gasteiger partial charge on any atom is 0.490 e. The number of carbonyl (C=O) groups is 3. The number of benzene rings is 1. The number of carbonyl (C=O) groups excluding carboxylic acids is 1. The number of carboxylic acids is 2. The number of nitrogens with zero attached hydrogens (tertiary/aromatic N) is 3. The Kier molecular flexibility index (Phi) is 12.2. The molecule has 0 unspecified atom stereocenters. The number of rotatable bonds is 4. The van der Waals surface area contributed by atoms with Gasteiger partial charge in [0, 0.05) is 38.9 Å². The number of piperidine rings is 1. The van der Waals surface area contributed by atoms with Gasteiger partial charge in [-0.1, -0.05) is 18.2 Å². The standard InChI is InChI=1S/C22H26FN3O2.2C2HF3O2/c23-19-5-3-4-18(14-19)15-21(27)26-12-13-28-22(17-26)7-10-25(11-8-22)16-20-6-1-2-9-24-20;2*3-2(4,5)1(6)7/h1-6,9,14H,7-8,10-13,15-17H2;2*(H,6,7). The largest absolute Gasteiger partial charge is 0.490 e. The number of amides is 1. The van der Waals surface area contributed by atoms with Crippen LogP contribution in [0.2, 0.25) is 0 Å². The normalized spacial score (nSPS) is 16.9. The van der Waals surface area contributed by atoms with Gasteiger partial charge in [0.2, 0.25) is 5.91 Å². The molecule has 1 spiro atoms. The summed E-state index contributed by atoms with van der Waals surface area (Å²) in [6.07, 6.45) is -6.29. The summed E-state index contributed by atoms with van der Waals surface area (Å²) >= 11 is 0. The van der Waals surface area contributed by atoms with E-state index in [0.29, 0.717) is 19.7 Å². The highest BCUT2D eigenvalue weighted by atomic mass is 19.4. The highest BCUT2D eigenvalue weighted by molar-refractivity contribution is 5.79. The average molecular weight is 612 g/mol. The van der Waals surface area contributed by atoms with Crippen molar-refractivity contribution in [3.8, 4) is 0 Å². The van der Waals surface area contributed by atoms with Crippen molar-refractivity contribution in [2.24, 2.45) is 0 Å². The summed E-state index contributed by atoms with van der Waals surface area (Å²) in [5, 5.41) is 14.2. The summed E-state index contributed by atoms with van der Waals surface area (Å²) in [5.41, 5.74) is 1.54. The van der Waals surface area contributed by atoms with Gasteiger partial charge in [0.1, 0.15) is 5.82 Å². The first-order valence-electron chi connectivity index (χ1n) is 12.4. The van der Waals surface area contributed by atoms with Crippen molar-refractivity contribution in [2.75, 3.05) is 32.8 Å². The van der Waals surface area contributed by atoms with Gasteiger partial charge in [-0.25, -0.2) is 14.0 Å². The predicted octanol–water partition coefficient (Wildman–Crippen LogP) is 3.92. The Bertz CT molecular complexity index is 1160. The summed E-state index contributed by atoms with van der Waals surface area (Å²) in [6.45, 7) is 4.51. The van der Waals surface area contributed by atoms with Gasteiger partial charge >= 0.3 is 24.3 Å². The van der Waals surface area contributed by atoms with Crippen molar-refractivity contribution in [3.05, 3.63) is 65.7 Å². The number of halogens is 7. The summed E-state index contributed by atoms with van der Waals surface area (Å²) in [7, 11) is 0. The molecule has 42 heavy (non-hydrogen) atoms. The smallest absolute Gasteiger partial charge is 0.475 e. The minimum Gasteiger partial charge on any atom is -0.475 e. The van der Waals surface area contributed by atoms with E-state index >= 15 is 0 Å². The fraction of sp³-hybridized carbons (Fsp3) is 0.462. The first-order valence-corrected chi connectivity index (χ1v) is 12.4. The van der Waals surface area contributed by atoms with E-state index in [0.717, 1.165) is 43.7 Å². The molecule has 16 heteroatoms. The van der Waals surface area contributed by atoms with E-state index in [-0.39, 0.29) is 23.7 Å². The molecule has 2 aliphatic rings. The number of likely N-dealkylation sites (tertiary alicyclic amines) is 1. The second-order valence-corrected chi connectivity index (χ2v) is 9.36. The first kappa shape index (κ1) is 34.4. The first-order chi connectivity index (χ1) is 19.5. The van der Waals surface area contributed by atoms with Crippen LogP contribution in [0.15, 0.2) is 48.7 Å². The summed E-state index contributed by atoms with van der Waals surface area (Å²) < 4.78 is 83.0. The lowest BCUT2D eigenvalue weighted by molar-refractivity contribution is -0.193. The predicted molar refractivity (Wildman–Crippen MR) is 131 cm³/mol. The van der Waals surface area contributed by atoms with E-state index in [1.165, 1.54) is 12.1 Å². The van der Waals surface area contributed by atoms with Crippen molar-refractivity contribution < 1.29 is 60.1 Å². The molecule has 1 amide bonds. The van der Waals surface area contributed by atoms with Crippen LogP contribution >= 0.6 is 0 Å². The van der Waals surface area contributed by atoms with Gasteiger partial charge in [0.25, 0.3) is 0 Å². The number of aromatic nitrogens is 1. The third-order valence-electron chi connectivity index (χ3n) is 6.21. The van der Waals surface area contributed by atoms with Gasteiger partial charge in [-0.05, 0) is 42.7 Å². The fourth-order valence-electron chi connectivity index (χ4n) is 4.13. The summed E-state index contributed by atoms with van der Waals surface area (Å²) in [5.74, 6) is -5.77. The molecular formula is C26H28F7N3O6. The Hall–Kier alpha value is -3.79. The van der Waals surface area contributed by atoms with Gasteiger partial charge in [-0.15, -0.1) is 0 Å². The van der Waals surface area contributed by atoms with E-state index in [4.69, 9.17) is 24.5 Å². The molecule has 232 valence electrons. The van der Waals surface area contributed by atoms with Crippen molar-refractivity contribution in [3.63, 3.8) is 0 Å². The number of alkyl halides is 6. The van der Waals surface area contributed by atoms with E-state index in [9.17, 15) is 35.5 Å². The molecule has 1 aromatic heterocycles. The van der Waals surface area contributed by atoms with E-state index in [1.807, 2.05) is 29.3 Å². The lowest BCUT2D eigenvalue weighted by atomic mass is 9.89. The zero-order chi connectivity index (χ0) is 31.6. The van der Waals surface area contributed by atoms with Gasteiger partial charge in [-0.2, -0.15) is 26.3 Å². The van der Waals surface area contributed by atoms with E-state index in [2.05, 4.69) is 9.88 Å². The molecule has 2 fully saturated rings. The molecule has 2 saturated heterocycles. The van der Waals surface area contributed by atoms with Crippen LogP contribution in [0.4, 0.5) is 30.7 Å². The molecule has 2 N–H and O–H groups in total. The van der Waals surface area contributed by atoms with Gasteiger partial charge < -0.3 is 19.8 Å². The molecule has 0 radical (unpaired) electrons. The van der Waals surface area contributed by atoms with Gasteiger partial charge in [0.05, 0.1) is 24.3 Å². The van der Waals surface area contributed by atoms with E-state index < -0.39 is 24.3 Å². The molecule has 4 rings (SSSR count). The third-order valence-corrected chi connectivity index (χ3v) is 6.21. The fourth-order valence-corrected chi connectivity index (χ4v) is 4.13. The maximum absolute atomic E-state index is 13.4. The third kappa shape index (κ3) is 11.6. The molecule has 2 aliphatic heterocycles. The second-order valence-electron chi connectivity index (χ2n) is 9.36. The maximum atomic E-state index is 13.4. The van der Waals surface area contributed by atoms with Crippen molar-refractivity contribution >= 4 is 17.8 Å². The highest BCUT2D eigenvalue weighted by Crippen LogP contribution is 2.31. The van der Waals surface area contributed by atoms with Crippen molar-refractivity contribution in [2.45, 2.75) is 43.8 Å². The monoisotopic (exact) mass is 611 g/mol. The van der Waals surface area contributed by atoms with Crippen LogP contribution in [-0.4, -0.2) is 93.6 Å². The zero-order valence-electron chi connectivity index (χ0n) is 22.0. The van der Waals surface area contributed by atoms with Crippen LogP contribution in [0.25, 0.3) is 0 Å². The van der Waals surface area contributed by atoms with Crippen molar-refractivity contribution in [1.29, 1.82) is 0 Å². The second kappa shape index (κ2) is 14.9. The molecule has 0 bridgehead atoms. The number of hydrogen-bond donors (Lipinski definition) is 2. The topological polar surface area (TPSA) is 120 Å². The number of carboxylic acid groups (broad SMARTS) is 2. The Morgan fingerprint density at radius 2 is 1.50 bits per heavy atom. The Morgan fingerprint density at radius 1 is 0.905 bits per heavy atom. The van der Waals surface area contributed by atoms with E-state index in [1.54, 1.807) is 12.1 Å². The number of aliphatic carboxylic acids is 2. The zero-order valence-corrected chi connectivity index (χ0v) is 22.0. The molecule has 1 aromatic carbocycles. The molecule has 0 saturated carbocycles. The highest BCUT2D eigenvalue weighted by Gasteiger charge is 2.41.